The quantitative estimate of drug-likeness (QED) is 0.324. The summed E-state index contributed by atoms with van der Waals surface area (Å²) in [6, 6.07) is 7.01. The maximum absolute atomic E-state index is 13.2. The van der Waals surface area contributed by atoms with E-state index in [4.69, 9.17) is 20.6 Å². The van der Waals surface area contributed by atoms with E-state index in [1.54, 1.807) is 29.7 Å². The van der Waals surface area contributed by atoms with Crippen molar-refractivity contribution in [3.05, 3.63) is 56.9 Å². The molecule has 2 aliphatic heterocycles. The van der Waals surface area contributed by atoms with Crippen molar-refractivity contribution in [2.24, 2.45) is 0 Å². The number of aliphatic carboxylic acids is 1. The van der Waals surface area contributed by atoms with Gasteiger partial charge in [-0.2, -0.15) is 0 Å². The van der Waals surface area contributed by atoms with E-state index in [9.17, 15) is 19.5 Å². The minimum absolute atomic E-state index is 0.0591. The van der Waals surface area contributed by atoms with E-state index in [1.807, 2.05) is 6.07 Å². The number of aliphatic hydroxyl groups is 1. The number of carbonyl (C=O) groups is 2. The van der Waals surface area contributed by atoms with Crippen LogP contribution in [-0.2, 0) is 39.5 Å². The molecule has 9 nitrogen and oxygen atoms in total. The van der Waals surface area contributed by atoms with E-state index in [-0.39, 0.29) is 49.1 Å². The lowest BCUT2D eigenvalue weighted by molar-refractivity contribution is -0.172. The Balaban J connectivity index is 1.71. The summed E-state index contributed by atoms with van der Waals surface area (Å²) in [5, 5.41) is 20.8. The van der Waals surface area contributed by atoms with Gasteiger partial charge in [-0.15, -0.1) is 0 Å². The van der Waals surface area contributed by atoms with Crippen LogP contribution in [-0.4, -0.2) is 31.7 Å². The highest BCUT2D eigenvalue weighted by Crippen LogP contribution is 2.39. The Morgan fingerprint density at radius 2 is 2.09 bits per heavy atom. The third kappa shape index (κ3) is 2.74. The van der Waals surface area contributed by atoms with Crippen LogP contribution in [0.5, 0.6) is 0 Å². The van der Waals surface area contributed by atoms with Crippen LogP contribution in [0.15, 0.2) is 29.1 Å². The number of benzene rings is 1. The van der Waals surface area contributed by atoms with Gasteiger partial charge >= 0.3 is 11.9 Å². The van der Waals surface area contributed by atoms with Crippen molar-refractivity contribution < 1.29 is 24.5 Å². The number of aryl methyl sites for hydroxylation is 1. The average molecular weight is 435 g/mol. The largest absolute Gasteiger partial charge is 0.481 e. The van der Waals surface area contributed by atoms with E-state index in [0.717, 1.165) is 10.9 Å². The van der Waals surface area contributed by atoms with Gasteiger partial charge < -0.3 is 25.3 Å². The second-order valence-corrected chi connectivity index (χ2v) is 8.19. The first kappa shape index (κ1) is 20.2. The van der Waals surface area contributed by atoms with Crippen LogP contribution in [0.25, 0.3) is 22.3 Å². The van der Waals surface area contributed by atoms with Gasteiger partial charge in [-0.1, -0.05) is 6.92 Å². The molecule has 0 bridgehead atoms. The van der Waals surface area contributed by atoms with Gasteiger partial charge in [0, 0.05) is 28.6 Å². The predicted octanol–water partition coefficient (Wildman–Crippen LogP) is 1.68. The maximum Gasteiger partial charge on any atom is 0.343 e. The summed E-state index contributed by atoms with van der Waals surface area (Å²) >= 11 is 0. The van der Waals surface area contributed by atoms with E-state index in [1.165, 1.54) is 0 Å². The lowest BCUT2D eigenvalue weighted by Crippen LogP contribution is -2.44. The van der Waals surface area contributed by atoms with Gasteiger partial charge in [-0.25, -0.2) is 9.78 Å². The summed E-state index contributed by atoms with van der Waals surface area (Å²) in [7, 11) is 0. The maximum atomic E-state index is 13.2. The second kappa shape index (κ2) is 6.89. The molecule has 164 valence electrons. The third-order valence-electron chi connectivity index (χ3n) is 6.43. The zero-order valence-electron chi connectivity index (χ0n) is 17.3. The fourth-order valence-corrected chi connectivity index (χ4v) is 4.64. The molecule has 9 heteroatoms. The van der Waals surface area contributed by atoms with Crippen molar-refractivity contribution in [2.45, 2.75) is 44.9 Å². The fourth-order valence-electron chi connectivity index (χ4n) is 4.64. The SMILES string of the molecule is CC[C@@]1(O)C(=O)OCc2c1cc1n(c2=O)Cc2cc3c(CCC(=O)O)c(N)ccc3nc2-1. The Morgan fingerprint density at radius 1 is 1.31 bits per heavy atom. The Morgan fingerprint density at radius 3 is 2.81 bits per heavy atom. The number of fused-ring (bicyclic) bond motifs is 5. The van der Waals surface area contributed by atoms with Gasteiger partial charge in [0.1, 0.15) is 6.61 Å². The first-order chi connectivity index (χ1) is 15.2. The smallest absolute Gasteiger partial charge is 0.343 e. The number of anilines is 1. The van der Waals surface area contributed by atoms with Crippen LogP contribution in [0.1, 0.15) is 42.0 Å². The number of ether oxygens (including phenoxy) is 1. The molecule has 0 saturated carbocycles. The highest BCUT2D eigenvalue weighted by atomic mass is 16.6. The molecule has 32 heavy (non-hydrogen) atoms. The van der Waals surface area contributed by atoms with Gasteiger partial charge in [0.15, 0.2) is 5.60 Å². The monoisotopic (exact) mass is 435 g/mol. The number of carboxylic acids is 1. The van der Waals surface area contributed by atoms with Gasteiger partial charge in [-0.05, 0) is 42.7 Å². The molecule has 0 radical (unpaired) electrons. The average Bonchev–Trinajstić information content (AvgIpc) is 3.12. The molecule has 0 amide bonds. The number of cyclic esters (lactones) is 1. The van der Waals surface area contributed by atoms with Gasteiger partial charge in [0.25, 0.3) is 5.56 Å². The Kier molecular flexibility index (Phi) is 4.35. The van der Waals surface area contributed by atoms with Crippen molar-refractivity contribution in [2.75, 3.05) is 5.73 Å². The van der Waals surface area contributed by atoms with Crippen molar-refractivity contribution in [3.63, 3.8) is 0 Å². The molecular formula is C23H21N3O6. The molecular weight excluding hydrogens is 414 g/mol. The van der Waals surface area contributed by atoms with E-state index in [2.05, 4.69) is 0 Å². The summed E-state index contributed by atoms with van der Waals surface area (Å²) in [5.74, 6) is -1.68. The van der Waals surface area contributed by atoms with Crippen LogP contribution in [0.2, 0.25) is 0 Å². The molecule has 4 heterocycles. The van der Waals surface area contributed by atoms with Crippen molar-refractivity contribution in [1.29, 1.82) is 0 Å². The van der Waals surface area contributed by atoms with Gasteiger partial charge in [0.2, 0.25) is 0 Å². The molecule has 0 fully saturated rings. The summed E-state index contributed by atoms with van der Waals surface area (Å²) in [4.78, 5) is 41.3. The normalized spacial score (nSPS) is 18.8. The molecule has 1 atom stereocenters. The summed E-state index contributed by atoms with van der Waals surface area (Å²) < 4.78 is 6.65. The number of nitrogens with zero attached hydrogens (tertiary/aromatic N) is 2. The molecule has 1 aromatic carbocycles. The number of aromatic nitrogens is 2. The first-order valence-corrected chi connectivity index (χ1v) is 10.3. The lowest BCUT2D eigenvalue weighted by Gasteiger charge is -2.31. The highest BCUT2D eigenvalue weighted by Gasteiger charge is 2.45. The number of carboxylic acid groups (broad SMARTS) is 1. The number of nitrogens with two attached hydrogens (primary N) is 1. The molecule has 2 aromatic heterocycles. The van der Waals surface area contributed by atoms with Crippen LogP contribution in [0, 0.1) is 0 Å². The Bertz CT molecular complexity index is 1390. The van der Waals surface area contributed by atoms with Gasteiger partial charge in [-0.3, -0.25) is 9.59 Å². The number of carbonyl (C=O) groups excluding carboxylic acids is 1. The molecule has 3 aromatic rings. The number of pyridine rings is 2. The van der Waals surface area contributed by atoms with Crippen molar-refractivity contribution in [3.8, 4) is 11.4 Å². The number of rotatable bonds is 4. The van der Waals surface area contributed by atoms with Crippen LogP contribution in [0.3, 0.4) is 0 Å². The number of hydrogen-bond acceptors (Lipinski definition) is 7. The highest BCUT2D eigenvalue weighted by molar-refractivity contribution is 5.91. The molecule has 4 N–H and O–H groups in total. The zero-order chi connectivity index (χ0) is 22.8. The second-order valence-electron chi connectivity index (χ2n) is 8.19. The Labute approximate surface area is 182 Å². The van der Waals surface area contributed by atoms with Crippen LogP contribution in [0.4, 0.5) is 5.69 Å². The summed E-state index contributed by atoms with van der Waals surface area (Å²) in [5.41, 5.74) is 8.17. The van der Waals surface area contributed by atoms with E-state index >= 15 is 0 Å². The van der Waals surface area contributed by atoms with Crippen LogP contribution >= 0.6 is 0 Å². The van der Waals surface area contributed by atoms with Crippen molar-refractivity contribution in [1.82, 2.24) is 9.55 Å². The minimum Gasteiger partial charge on any atom is -0.481 e. The number of esters is 1. The fraction of sp³-hybridized carbons (Fsp3) is 0.304. The van der Waals surface area contributed by atoms with Crippen LogP contribution < -0.4 is 11.3 Å². The number of nitrogen functional groups attached to an aromatic ring is 1. The molecule has 5 rings (SSSR count). The zero-order valence-corrected chi connectivity index (χ0v) is 17.3. The standard InChI is InChI=1S/C23H21N3O6/c1-2-23(31)15-8-18-20-11(9-26(18)21(29)14(15)10-32-22(23)30)7-13-12(3-6-19(27)28)16(24)4-5-17(13)25-20/h4-5,7-8,31H,2-3,6,9-10,24H2,1H3,(H,27,28)/t23-/m0/s1. The third-order valence-corrected chi connectivity index (χ3v) is 6.43. The summed E-state index contributed by atoms with van der Waals surface area (Å²) in [6.45, 7) is 1.74. The molecule has 0 unspecified atom stereocenters. The lowest BCUT2D eigenvalue weighted by atomic mass is 9.86. The van der Waals surface area contributed by atoms with E-state index < -0.39 is 17.5 Å². The first-order valence-electron chi connectivity index (χ1n) is 10.3. The molecule has 0 aliphatic carbocycles. The number of hydrogen-bond donors (Lipinski definition) is 3. The predicted molar refractivity (Wildman–Crippen MR) is 115 cm³/mol. The molecule has 0 saturated heterocycles. The van der Waals surface area contributed by atoms with Crippen molar-refractivity contribution >= 4 is 28.5 Å². The molecule has 2 aliphatic rings. The Hall–Kier alpha value is -3.72. The van der Waals surface area contributed by atoms with Gasteiger partial charge in [0.05, 0.1) is 29.0 Å². The van der Waals surface area contributed by atoms with E-state index in [0.29, 0.717) is 28.2 Å². The minimum atomic E-state index is -1.87. The molecule has 0 spiro atoms. The summed E-state index contributed by atoms with van der Waals surface area (Å²) in [6.07, 6.45) is 0.283. The topological polar surface area (TPSA) is 145 Å².